The Labute approximate surface area is 164 Å². The Hall–Kier alpha value is -1.02. The average Bonchev–Trinajstić information content (AvgIpc) is 2.96. The highest BCUT2D eigenvalue weighted by Gasteiger charge is 2.53. The number of sulfone groups is 1. The predicted molar refractivity (Wildman–Crippen MR) is 109 cm³/mol. The molecular weight excluding hydrogens is 378 g/mol. The van der Waals surface area contributed by atoms with E-state index in [0.29, 0.717) is 13.0 Å². The summed E-state index contributed by atoms with van der Waals surface area (Å²) in [4.78, 5) is 15.2. The summed E-state index contributed by atoms with van der Waals surface area (Å²) in [5, 5.41) is -1.00. The molecule has 1 aromatic carbocycles. The smallest absolute Gasteiger partial charge is 0.192 e. The van der Waals surface area contributed by atoms with Crippen LogP contribution in [0.15, 0.2) is 35.2 Å². The van der Waals surface area contributed by atoms with E-state index in [2.05, 4.69) is 38.8 Å². The van der Waals surface area contributed by atoms with Gasteiger partial charge in [-0.05, 0) is 36.7 Å². The number of piperidine rings is 1. The van der Waals surface area contributed by atoms with Crippen molar-refractivity contribution in [2.24, 2.45) is 0 Å². The van der Waals surface area contributed by atoms with Gasteiger partial charge in [-0.1, -0.05) is 39.0 Å². The number of hydrogen-bond acceptors (Lipinski definition) is 5. The standard InChI is InChI=1S/C20H31NO4SSi/c1-20(2,3)27(4,5)25-17-12-14-21-13-11-16(22)19(18(17)21)26(23,24)15-9-7-6-8-10-15/h6-10,17-19H,11-14H2,1-5H3/t17-,18+,19-/m0/s1. The van der Waals surface area contributed by atoms with Crippen molar-refractivity contribution in [3.05, 3.63) is 30.3 Å². The van der Waals surface area contributed by atoms with Gasteiger partial charge in [-0.25, -0.2) is 8.42 Å². The Morgan fingerprint density at radius 3 is 2.33 bits per heavy atom. The Morgan fingerprint density at radius 1 is 1.11 bits per heavy atom. The molecular formula is C20H31NO4SSi. The van der Waals surface area contributed by atoms with Gasteiger partial charge in [0.25, 0.3) is 0 Å². The lowest BCUT2D eigenvalue weighted by Gasteiger charge is -2.43. The third-order valence-electron chi connectivity index (χ3n) is 6.43. The van der Waals surface area contributed by atoms with Gasteiger partial charge in [-0.2, -0.15) is 0 Å². The van der Waals surface area contributed by atoms with Gasteiger partial charge < -0.3 is 4.43 Å². The molecule has 2 saturated heterocycles. The first-order valence-electron chi connectivity index (χ1n) is 9.69. The van der Waals surface area contributed by atoms with Crippen molar-refractivity contribution >= 4 is 23.9 Å². The molecule has 0 spiro atoms. The van der Waals surface area contributed by atoms with Crippen LogP contribution in [0.2, 0.25) is 18.1 Å². The van der Waals surface area contributed by atoms with Crippen molar-refractivity contribution in [3.8, 4) is 0 Å². The number of carbonyl (C=O) groups excluding carboxylic acids is 1. The van der Waals surface area contributed by atoms with Gasteiger partial charge in [-0.15, -0.1) is 0 Å². The maximum Gasteiger partial charge on any atom is 0.192 e. The van der Waals surface area contributed by atoms with Crippen molar-refractivity contribution in [2.75, 3.05) is 13.1 Å². The monoisotopic (exact) mass is 409 g/mol. The van der Waals surface area contributed by atoms with Gasteiger partial charge >= 0.3 is 0 Å². The number of benzene rings is 1. The topological polar surface area (TPSA) is 63.7 Å². The van der Waals surface area contributed by atoms with E-state index < -0.39 is 23.4 Å². The molecule has 2 heterocycles. The zero-order valence-electron chi connectivity index (χ0n) is 16.9. The van der Waals surface area contributed by atoms with Crippen LogP contribution < -0.4 is 0 Å². The van der Waals surface area contributed by atoms with Gasteiger partial charge in [-0.3, -0.25) is 9.69 Å². The second-order valence-corrected chi connectivity index (χ2v) is 16.1. The lowest BCUT2D eigenvalue weighted by molar-refractivity contribution is -0.122. The molecule has 3 rings (SSSR count). The summed E-state index contributed by atoms with van der Waals surface area (Å²) in [6.45, 7) is 12.3. The van der Waals surface area contributed by atoms with Gasteiger partial charge in [0.05, 0.1) is 17.0 Å². The van der Waals surface area contributed by atoms with E-state index in [9.17, 15) is 13.2 Å². The minimum atomic E-state index is -3.75. The normalized spacial score (nSPS) is 27.6. The van der Waals surface area contributed by atoms with Gasteiger partial charge in [0.1, 0.15) is 5.25 Å². The van der Waals surface area contributed by atoms with Gasteiger partial charge in [0.15, 0.2) is 23.9 Å². The van der Waals surface area contributed by atoms with E-state index in [0.717, 1.165) is 13.0 Å². The Balaban J connectivity index is 1.97. The van der Waals surface area contributed by atoms with Crippen LogP contribution in [0.4, 0.5) is 0 Å². The molecule has 2 aliphatic rings. The third-order valence-corrected chi connectivity index (χ3v) is 13.1. The number of hydrogen-bond donors (Lipinski definition) is 0. The number of fused-ring (bicyclic) bond motifs is 1. The molecule has 150 valence electrons. The lowest BCUT2D eigenvalue weighted by atomic mass is 9.99. The molecule has 5 nitrogen and oxygen atoms in total. The van der Waals surface area contributed by atoms with Crippen LogP contribution in [0.3, 0.4) is 0 Å². The highest BCUT2D eigenvalue weighted by Crippen LogP contribution is 2.41. The first-order valence-corrected chi connectivity index (χ1v) is 14.1. The lowest BCUT2D eigenvalue weighted by Crippen LogP contribution is -2.58. The summed E-state index contributed by atoms with van der Waals surface area (Å²) in [5.74, 6) is -0.175. The van der Waals surface area contributed by atoms with Crippen LogP contribution in [0.5, 0.6) is 0 Å². The first kappa shape index (κ1) is 20.7. The summed E-state index contributed by atoms with van der Waals surface area (Å²) in [6, 6.07) is 7.98. The average molecular weight is 410 g/mol. The molecule has 0 amide bonds. The van der Waals surface area contributed by atoms with Crippen LogP contribution in [-0.4, -0.2) is 57.9 Å². The van der Waals surface area contributed by atoms with E-state index in [1.165, 1.54) is 0 Å². The zero-order valence-corrected chi connectivity index (χ0v) is 18.8. The molecule has 3 atom stereocenters. The van der Waals surface area contributed by atoms with Crippen LogP contribution in [0.1, 0.15) is 33.6 Å². The highest BCUT2D eigenvalue weighted by molar-refractivity contribution is 7.93. The van der Waals surface area contributed by atoms with Gasteiger partial charge in [0, 0.05) is 19.5 Å². The number of ketones is 1. The Bertz CT molecular complexity index is 801. The fourth-order valence-electron chi connectivity index (χ4n) is 3.88. The Kier molecular flexibility index (Phi) is 5.44. The first-order chi connectivity index (χ1) is 12.4. The molecule has 2 aliphatic heterocycles. The number of nitrogens with zero attached hydrogens (tertiary/aromatic N) is 1. The molecule has 1 aromatic rings. The molecule has 0 aromatic heterocycles. The van der Waals surface area contributed by atoms with Crippen molar-refractivity contribution in [2.45, 2.75) is 74.0 Å². The summed E-state index contributed by atoms with van der Waals surface area (Å²) < 4.78 is 33.3. The van der Waals surface area contributed by atoms with Crippen molar-refractivity contribution in [1.82, 2.24) is 4.90 Å². The summed E-state index contributed by atoms with van der Waals surface area (Å²) in [7, 11) is -5.81. The molecule has 0 N–H and O–H groups in total. The molecule has 0 radical (unpaired) electrons. The van der Waals surface area contributed by atoms with E-state index in [1.807, 2.05) is 0 Å². The minimum Gasteiger partial charge on any atom is -0.412 e. The van der Waals surface area contributed by atoms with Crippen LogP contribution in [0, 0.1) is 0 Å². The molecule has 0 unspecified atom stereocenters. The maximum atomic E-state index is 13.4. The fraction of sp³-hybridized carbons (Fsp3) is 0.650. The molecule has 0 bridgehead atoms. The summed E-state index contributed by atoms with van der Waals surface area (Å²) >= 11 is 0. The van der Waals surface area contributed by atoms with Crippen LogP contribution >= 0.6 is 0 Å². The van der Waals surface area contributed by atoms with Crippen molar-refractivity contribution in [1.29, 1.82) is 0 Å². The fourth-order valence-corrected chi connectivity index (χ4v) is 7.25. The van der Waals surface area contributed by atoms with E-state index in [1.54, 1.807) is 30.3 Å². The summed E-state index contributed by atoms with van der Waals surface area (Å²) in [5.41, 5.74) is 0. The van der Waals surface area contributed by atoms with Crippen LogP contribution in [0.25, 0.3) is 0 Å². The number of Topliss-reactive ketones (excluding diaryl/α,β-unsaturated/α-hetero) is 1. The third kappa shape index (κ3) is 3.79. The molecule has 2 fully saturated rings. The van der Waals surface area contributed by atoms with Gasteiger partial charge in [0.2, 0.25) is 0 Å². The molecule has 27 heavy (non-hydrogen) atoms. The zero-order chi connectivity index (χ0) is 20.0. The second-order valence-electron chi connectivity index (χ2n) is 9.23. The quantitative estimate of drug-likeness (QED) is 0.714. The van der Waals surface area contributed by atoms with Crippen LogP contribution in [-0.2, 0) is 19.1 Å². The molecule has 7 heteroatoms. The molecule has 0 saturated carbocycles. The minimum absolute atomic E-state index is 0.0346. The van der Waals surface area contributed by atoms with Crippen molar-refractivity contribution < 1.29 is 17.6 Å². The van der Waals surface area contributed by atoms with Crippen molar-refractivity contribution in [3.63, 3.8) is 0 Å². The second kappa shape index (κ2) is 7.10. The van der Waals surface area contributed by atoms with E-state index >= 15 is 0 Å². The van der Waals surface area contributed by atoms with E-state index in [4.69, 9.17) is 4.43 Å². The Morgan fingerprint density at radius 2 is 1.74 bits per heavy atom. The number of carbonyl (C=O) groups is 1. The SMILES string of the molecule is CC(C)(C)[Si](C)(C)O[C@H]1CCN2CCC(=O)[C@H](S(=O)(=O)c3ccccc3)[C@@H]12. The highest BCUT2D eigenvalue weighted by atomic mass is 32.2. The predicted octanol–water partition coefficient (Wildman–Crippen LogP) is 3.27. The number of rotatable bonds is 4. The largest absolute Gasteiger partial charge is 0.412 e. The summed E-state index contributed by atoms with van der Waals surface area (Å²) in [6.07, 6.45) is 0.865. The van der Waals surface area contributed by atoms with E-state index in [-0.39, 0.29) is 27.9 Å². The molecule has 0 aliphatic carbocycles. The maximum absolute atomic E-state index is 13.4.